The number of amides is 1. The number of ether oxygens (including phenoxy) is 1. The van der Waals surface area contributed by atoms with Crippen LogP contribution in [0, 0.1) is 18.3 Å². The van der Waals surface area contributed by atoms with Gasteiger partial charge in [0.1, 0.15) is 11.5 Å². The summed E-state index contributed by atoms with van der Waals surface area (Å²) in [7, 11) is 0. The molecule has 1 aliphatic carbocycles. The predicted molar refractivity (Wildman–Crippen MR) is 108 cm³/mol. The highest BCUT2D eigenvalue weighted by Crippen LogP contribution is 2.39. The molecule has 2 aromatic rings. The van der Waals surface area contributed by atoms with E-state index in [-0.39, 0.29) is 17.8 Å². The van der Waals surface area contributed by atoms with Crippen LogP contribution in [0.2, 0.25) is 0 Å². The summed E-state index contributed by atoms with van der Waals surface area (Å²) in [6.45, 7) is 5.27. The number of esters is 1. The molecule has 2 fully saturated rings. The van der Waals surface area contributed by atoms with Crippen LogP contribution in [0.15, 0.2) is 34.9 Å². The fourth-order valence-electron chi connectivity index (χ4n) is 4.25. The van der Waals surface area contributed by atoms with Crippen molar-refractivity contribution in [2.45, 2.75) is 46.0 Å². The highest BCUT2D eigenvalue weighted by atomic mass is 16.5. The molecule has 154 valence electrons. The van der Waals surface area contributed by atoms with E-state index in [1.807, 2.05) is 43.0 Å². The van der Waals surface area contributed by atoms with E-state index >= 15 is 0 Å². The molecule has 1 saturated carbocycles. The zero-order valence-electron chi connectivity index (χ0n) is 17.1. The number of nitrogens with zero attached hydrogens (tertiary/aromatic N) is 2. The van der Waals surface area contributed by atoms with E-state index < -0.39 is 5.41 Å². The third-order valence-corrected chi connectivity index (χ3v) is 5.91. The number of rotatable bonds is 6. The lowest BCUT2D eigenvalue weighted by atomic mass is 9.76. The Bertz CT molecular complexity index is 902. The zero-order valence-corrected chi connectivity index (χ0v) is 17.1. The summed E-state index contributed by atoms with van der Waals surface area (Å²) < 4.78 is 11.0. The van der Waals surface area contributed by atoms with Crippen molar-refractivity contribution in [3.63, 3.8) is 0 Å². The number of likely N-dealkylation sites (tertiary alicyclic amines) is 1. The molecule has 2 heterocycles. The number of aryl methyl sites for hydroxylation is 1. The van der Waals surface area contributed by atoms with E-state index in [2.05, 4.69) is 11.2 Å². The number of benzene rings is 1. The Labute approximate surface area is 171 Å². The van der Waals surface area contributed by atoms with Crippen molar-refractivity contribution in [1.29, 1.82) is 0 Å². The molecule has 1 amide bonds. The number of piperidine rings is 1. The van der Waals surface area contributed by atoms with Crippen LogP contribution >= 0.6 is 0 Å². The second-order valence-electron chi connectivity index (χ2n) is 8.36. The molecule has 1 aliphatic heterocycles. The van der Waals surface area contributed by atoms with Gasteiger partial charge >= 0.3 is 5.97 Å². The van der Waals surface area contributed by atoms with Crippen LogP contribution in [0.4, 0.5) is 0 Å². The quantitative estimate of drug-likeness (QED) is 0.695. The maximum absolute atomic E-state index is 13.0. The maximum Gasteiger partial charge on any atom is 0.314 e. The van der Waals surface area contributed by atoms with Crippen molar-refractivity contribution in [1.82, 2.24) is 10.1 Å². The lowest BCUT2D eigenvalue weighted by Crippen LogP contribution is -2.52. The van der Waals surface area contributed by atoms with Crippen molar-refractivity contribution >= 4 is 11.9 Å². The third kappa shape index (κ3) is 4.21. The SMILES string of the molecule is CCOC(=O)C1(Cc2cc(-c3cccc(C)c3)no2)CCCN(C(=O)C2CC2)C1. The van der Waals surface area contributed by atoms with Crippen LogP contribution in [0.3, 0.4) is 0 Å². The van der Waals surface area contributed by atoms with Gasteiger partial charge in [-0.2, -0.15) is 0 Å². The first-order chi connectivity index (χ1) is 14.0. The molecule has 0 spiro atoms. The Hall–Kier alpha value is -2.63. The molecule has 6 nitrogen and oxygen atoms in total. The Morgan fingerprint density at radius 2 is 2.14 bits per heavy atom. The van der Waals surface area contributed by atoms with Crippen LogP contribution in [0.5, 0.6) is 0 Å². The van der Waals surface area contributed by atoms with Gasteiger partial charge in [0.15, 0.2) is 0 Å². The monoisotopic (exact) mass is 396 g/mol. The van der Waals surface area contributed by atoms with Gasteiger partial charge < -0.3 is 14.2 Å². The largest absolute Gasteiger partial charge is 0.466 e. The fraction of sp³-hybridized carbons (Fsp3) is 0.522. The number of hydrogen-bond donors (Lipinski definition) is 0. The molecule has 1 saturated heterocycles. The van der Waals surface area contributed by atoms with Gasteiger partial charge in [0.2, 0.25) is 5.91 Å². The smallest absolute Gasteiger partial charge is 0.314 e. The molecule has 6 heteroatoms. The summed E-state index contributed by atoms with van der Waals surface area (Å²) in [4.78, 5) is 27.5. The molecule has 0 bridgehead atoms. The molecule has 29 heavy (non-hydrogen) atoms. The summed E-state index contributed by atoms with van der Waals surface area (Å²) >= 11 is 0. The molecule has 1 aromatic carbocycles. The second kappa shape index (κ2) is 8.01. The first-order valence-electron chi connectivity index (χ1n) is 10.5. The molecule has 1 aromatic heterocycles. The average molecular weight is 396 g/mol. The van der Waals surface area contributed by atoms with Gasteiger partial charge in [-0.1, -0.05) is 28.9 Å². The fourth-order valence-corrected chi connectivity index (χ4v) is 4.25. The van der Waals surface area contributed by atoms with Crippen LogP contribution in [-0.4, -0.2) is 41.6 Å². The molecule has 4 rings (SSSR count). The summed E-state index contributed by atoms with van der Waals surface area (Å²) in [5.41, 5.74) is 2.11. The van der Waals surface area contributed by atoms with Crippen LogP contribution in [0.25, 0.3) is 11.3 Å². The van der Waals surface area contributed by atoms with Crippen molar-refractivity contribution in [2.24, 2.45) is 11.3 Å². The minimum Gasteiger partial charge on any atom is -0.466 e. The van der Waals surface area contributed by atoms with E-state index in [0.29, 0.717) is 38.3 Å². The van der Waals surface area contributed by atoms with Gasteiger partial charge in [-0.15, -0.1) is 0 Å². The van der Waals surface area contributed by atoms with Crippen LogP contribution in [-0.2, 0) is 20.7 Å². The van der Waals surface area contributed by atoms with Gasteiger partial charge in [-0.25, -0.2) is 0 Å². The molecular weight excluding hydrogens is 368 g/mol. The number of hydrogen-bond acceptors (Lipinski definition) is 5. The molecule has 1 atom stereocenters. The summed E-state index contributed by atoms with van der Waals surface area (Å²) in [6.07, 6.45) is 3.78. The lowest BCUT2D eigenvalue weighted by Gasteiger charge is -2.40. The lowest BCUT2D eigenvalue weighted by molar-refractivity contribution is -0.161. The average Bonchev–Trinajstić information content (AvgIpc) is 3.47. The van der Waals surface area contributed by atoms with Gasteiger partial charge in [0.25, 0.3) is 0 Å². The zero-order chi connectivity index (χ0) is 20.4. The van der Waals surface area contributed by atoms with Gasteiger partial charge in [0, 0.05) is 37.1 Å². The van der Waals surface area contributed by atoms with E-state index in [1.54, 1.807) is 0 Å². The first-order valence-corrected chi connectivity index (χ1v) is 10.5. The second-order valence-corrected chi connectivity index (χ2v) is 8.36. The van der Waals surface area contributed by atoms with Crippen molar-refractivity contribution in [3.8, 4) is 11.3 Å². The van der Waals surface area contributed by atoms with Crippen LogP contribution < -0.4 is 0 Å². The number of aromatic nitrogens is 1. The normalized spacial score (nSPS) is 21.8. The number of carbonyl (C=O) groups is 2. The molecule has 1 unspecified atom stereocenters. The highest BCUT2D eigenvalue weighted by molar-refractivity contribution is 5.83. The summed E-state index contributed by atoms with van der Waals surface area (Å²) in [5.74, 6) is 0.722. The van der Waals surface area contributed by atoms with Crippen molar-refractivity contribution in [3.05, 3.63) is 41.7 Å². The van der Waals surface area contributed by atoms with Crippen molar-refractivity contribution < 1.29 is 18.8 Å². The number of carbonyl (C=O) groups excluding carboxylic acids is 2. The van der Waals surface area contributed by atoms with Gasteiger partial charge in [-0.3, -0.25) is 9.59 Å². The summed E-state index contributed by atoms with van der Waals surface area (Å²) in [5, 5.41) is 4.21. The standard InChI is InChI=1S/C23H28N2O4/c1-3-28-22(27)23(10-5-11-25(15-23)21(26)17-8-9-17)14-19-13-20(24-29-19)18-7-4-6-16(2)12-18/h4,6-7,12-13,17H,3,5,8-11,14-15H2,1-2H3. The van der Waals surface area contributed by atoms with Crippen molar-refractivity contribution in [2.75, 3.05) is 19.7 Å². The van der Waals surface area contributed by atoms with E-state index in [1.165, 1.54) is 0 Å². The minimum absolute atomic E-state index is 0.145. The third-order valence-electron chi connectivity index (χ3n) is 5.91. The Balaban J connectivity index is 1.57. The van der Waals surface area contributed by atoms with Crippen LogP contribution in [0.1, 0.15) is 43.9 Å². The Morgan fingerprint density at radius 3 is 2.86 bits per heavy atom. The minimum atomic E-state index is -0.776. The topological polar surface area (TPSA) is 72.6 Å². The Morgan fingerprint density at radius 1 is 1.31 bits per heavy atom. The molecule has 2 aliphatic rings. The predicted octanol–water partition coefficient (Wildman–Crippen LogP) is 3.77. The molecule has 0 N–H and O–H groups in total. The Kier molecular flexibility index (Phi) is 5.43. The summed E-state index contributed by atoms with van der Waals surface area (Å²) in [6, 6.07) is 9.97. The first kappa shape index (κ1) is 19.7. The molecular formula is C23H28N2O4. The van der Waals surface area contributed by atoms with Gasteiger partial charge in [-0.05, 0) is 45.6 Å². The molecule has 0 radical (unpaired) electrons. The van der Waals surface area contributed by atoms with E-state index in [4.69, 9.17) is 9.26 Å². The van der Waals surface area contributed by atoms with E-state index in [0.717, 1.165) is 36.1 Å². The van der Waals surface area contributed by atoms with E-state index in [9.17, 15) is 9.59 Å². The highest BCUT2D eigenvalue weighted by Gasteiger charge is 2.47. The maximum atomic E-state index is 13.0. The van der Waals surface area contributed by atoms with Gasteiger partial charge in [0.05, 0.1) is 12.0 Å².